The van der Waals surface area contributed by atoms with E-state index in [1.165, 1.54) is 24.2 Å². The Bertz CT molecular complexity index is 580. The number of nitrogens with zero attached hydrogens (tertiary/aromatic N) is 3. The van der Waals surface area contributed by atoms with E-state index in [-0.39, 0.29) is 5.91 Å². The predicted molar refractivity (Wildman–Crippen MR) is 65.8 cm³/mol. The fourth-order valence-corrected chi connectivity index (χ4v) is 2.65. The molecule has 1 fully saturated rings. The molecule has 0 spiro atoms. The van der Waals surface area contributed by atoms with Crippen LogP contribution in [0.2, 0.25) is 0 Å². The fourth-order valence-electron chi connectivity index (χ4n) is 1.75. The van der Waals surface area contributed by atoms with E-state index in [0.29, 0.717) is 28.1 Å². The highest BCUT2D eigenvalue weighted by Gasteiger charge is 2.28. The van der Waals surface area contributed by atoms with Gasteiger partial charge in [-0.2, -0.15) is 0 Å². The van der Waals surface area contributed by atoms with Gasteiger partial charge in [0.15, 0.2) is 0 Å². The molecule has 0 saturated heterocycles. The van der Waals surface area contributed by atoms with Gasteiger partial charge in [0, 0.05) is 5.92 Å². The summed E-state index contributed by atoms with van der Waals surface area (Å²) in [6.07, 6.45) is 2.35. The van der Waals surface area contributed by atoms with Crippen LogP contribution < -0.4 is 5.32 Å². The number of hydrogen-bond acceptors (Lipinski definition) is 6. The van der Waals surface area contributed by atoms with E-state index in [2.05, 4.69) is 20.7 Å². The van der Waals surface area contributed by atoms with Crippen LogP contribution in [0.3, 0.4) is 0 Å². The Balaban J connectivity index is 1.77. The summed E-state index contributed by atoms with van der Waals surface area (Å²) in [6, 6.07) is 0. The van der Waals surface area contributed by atoms with Crippen LogP contribution in [-0.2, 0) is 0 Å². The summed E-state index contributed by atoms with van der Waals surface area (Å²) >= 11 is 1.44. The highest BCUT2D eigenvalue weighted by atomic mass is 32.1. The van der Waals surface area contributed by atoms with Crippen LogP contribution >= 0.6 is 11.3 Å². The molecular weight excluding hydrogens is 252 g/mol. The third-order valence-corrected chi connectivity index (χ3v) is 3.85. The number of rotatable bonds is 3. The predicted octanol–water partition coefficient (Wildman–Crippen LogP) is 2.27. The van der Waals surface area contributed by atoms with Crippen LogP contribution in [0.5, 0.6) is 0 Å². The SMILES string of the molecule is Cc1noc(C)c1C(=O)Nc1nnc(C2CC2)s1. The number of aromatic nitrogens is 3. The van der Waals surface area contributed by atoms with Crippen LogP contribution in [0.4, 0.5) is 5.13 Å². The molecule has 2 heterocycles. The second-order valence-electron chi connectivity index (χ2n) is 4.37. The summed E-state index contributed by atoms with van der Waals surface area (Å²) in [5, 5.41) is 16.1. The van der Waals surface area contributed by atoms with Crippen LogP contribution in [0.1, 0.15) is 45.6 Å². The van der Waals surface area contributed by atoms with E-state index in [1.54, 1.807) is 13.8 Å². The third-order valence-electron chi connectivity index (χ3n) is 2.85. The van der Waals surface area contributed by atoms with E-state index < -0.39 is 0 Å². The molecule has 1 saturated carbocycles. The summed E-state index contributed by atoms with van der Waals surface area (Å²) in [5.74, 6) is 0.814. The van der Waals surface area contributed by atoms with Crippen molar-refractivity contribution in [3.63, 3.8) is 0 Å². The first kappa shape index (κ1) is 11.3. The van der Waals surface area contributed by atoms with Gasteiger partial charge in [-0.25, -0.2) is 0 Å². The van der Waals surface area contributed by atoms with E-state index in [1.807, 2.05) is 0 Å². The number of aryl methyl sites for hydroxylation is 2. The Morgan fingerprint density at radius 1 is 1.39 bits per heavy atom. The second kappa shape index (κ2) is 4.16. The standard InChI is InChI=1S/C11H12N4O2S/c1-5-8(6(2)17-15-5)9(16)12-11-14-13-10(18-11)7-3-4-7/h7H,3-4H2,1-2H3,(H,12,14,16). The lowest BCUT2D eigenvalue weighted by molar-refractivity contribution is 0.102. The maximum atomic E-state index is 12.0. The number of anilines is 1. The van der Waals surface area contributed by atoms with Gasteiger partial charge in [-0.1, -0.05) is 16.5 Å². The first-order valence-corrected chi connectivity index (χ1v) is 6.54. The monoisotopic (exact) mass is 264 g/mol. The van der Waals surface area contributed by atoms with Crippen molar-refractivity contribution in [2.75, 3.05) is 5.32 Å². The molecule has 1 aliphatic rings. The Hall–Kier alpha value is -1.76. The molecule has 0 radical (unpaired) electrons. The molecule has 6 nitrogen and oxygen atoms in total. The van der Waals surface area contributed by atoms with Crippen molar-refractivity contribution in [1.82, 2.24) is 15.4 Å². The molecule has 3 rings (SSSR count). The van der Waals surface area contributed by atoms with Crippen molar-refractivity contribution < 1.29 is 9.32 Å². The summed E-state index contributed by atoms with van der Waals surface area (Å²) in [7, 11) is 0. The Morgan fingerprint density at radius 3 is 2.78 bits per heavy atom. The molecule has 0 atom stereocenters. The lowest BCUT2D eigenvalue weighted by Crippen LogP contribution is -2.13. The maximum Gasteiger partial charge on any atom is 0.263 e. The topological polar surface area (TPSA) is 80.9 Å². The minimum atomic E-state index is -0.246. The average molecular weight is 264 g/mol. The van der Waals surface area contributed by atoms with Gasteiger partial charge in [0.05, 0.1) is 5.69 Å². The molecule has 0 unspecified atom stereocenters. The molecule has 0 aromatic carbocycles. The molecule has 1 N–H and O–H groups in total. The minimum absolute atomic E-state index is 0.246. The number of carbonyl (C=O) groups is 1. The van der Waals surface area contributed by atoms with Gasteiger partial charge >= 0.3 is 0 Å². The van der Waals surface area contributed by atoms with Gasteiger partial charge in [0.25, 0.3) is 5.91 Å². The Kier molecular flexibility index (Phi) is 2.62. The van der Waals surface area contributed by atoms with E-state index >= 15 is 0 Å². The first-order valence-electron chi connectivity index (χ1n) is 5.73. The maximum absolute atomic E-state index is 12.0. The zero-order chi connectivity index (χ0) is 12.7. The lowest BCUT2D eigenvalue weighted by atomic mass is 10.2. The van der Waals surface area contributed by atoms with E-state index in [9.17, 15) is 4.79 Å². The summed E-state index contributed by atoms with van der Waals surface area (Å²) in [6.45, 7) is 3.45. The normalized spacial score (nSPS) is 14.8. The Morgan fingerprint density at radius 2 is 2.17 bits per heavy atom. The number of nitrogens with one attached hydrogen (secondary N) is 1. The molecule has 94 valence electrons. The zero-order valence-electron chi connectivity index (χ0n) is 10.1. The number of amides is 1. The lowest BCUT2D eigenvalue weighted by Gasteiger charge is -1.98. The van der Waals surface area contributed by atoms with Gasteiger partial charge < -0.3 is 4.52 Å². The highest BCUT2D eigenvalue weighted by molar-refractivity contribution is 7.15. The first-order chi connectivity index (χ1) is 8.65. The second-order valence-corrected chi connectivity index (χ2v) is 5.38. The Labute approximate surface area is 107 Å². The summed E-state index contributed by atoms with van der Waals surface area (Å²) < 4.78 is 4.96. The molecule has 1 aliphatic carbocycles. The van der Waals surface area contributed by atoms with Crippen LogP contribution in [-0.4, -0.2) is 21.3 Å². The van der Waals surface area contributed by atoms with Gasteiger partial charge in [-0.15, -0.1) is 10.2 Å². The fraction of sp³-hybridized carbons (Fsp3) is 0.455. The number of hydrogen-bond donors (Lipinski definition) is 1. The molecule has 7 heteroatoms. The quantitative estimate of drug-likeness (QED) is 0.919. The van der Waals surface area contributed by atoms with Crippen molar-refractivity contribution in [2.45, 2.75) is 32.6 Å². The molecular formula is C11H12N4O2S. The van der Waals surface area contributed by atoms with Gasteiger partial charge in [-0.05, 0) is 26.7 Å². The van der Waals surface area contributed by atoms with Crippen LogP contribution in [0.25, 0.3) is 0 Å². The van der Waals surface area contributed by atoms with Crippen molar-refractivity contribution in [3.05, 3.63) is 22.0 Å². The van der Waals surface area contributed by atoms with E-state index in [4.69, 9.17) is 4.52 Å². The summed E-state index contributed by atoms with van der Waals surface area (Å²) in [4.78, 5) is 12.0. The number of carbonyl (C=O) groups excluding carboxylic acids is 1. The molecule has 2 aromatic heterocycles. The van der Waals surface area contributed by atoms with Gasteiger partial charge in [-0.3, -0.25) is 10.1 Å². The molecule has 1 amide bonds. The van der Waals surface area contributed by atoms with Gasteiger partial charge in [0.1, 0.15) is 16.3 Å². The van der Waals surface area contributed by atoms with Gasteiger partial charge in [0.2, 0.25) is 5.13 Å². The molecule has 0 bridgehead atoms. The third kappa shape index (κ3) is 2.01. The molecule has 0 aliphatic heterocycles. The smallest absolute Gasteiger partial charge is 0.263 e. The van der Waals surface area contributed by atoms with Crippen molar-refractivity contribution in [2.24, 2.45) is 0 Å². The van der Waals surface area contributed by atoms with Crippen LogP contribution in [0, 0.1) is 13.8 Å². The average Bonchev–Trinajstić information content (AvgIpc) is 2.99. The molecule has 18 heavy (non-hydrogen) atoms. The highest BCUT2D eigenvalue weighted by Crippen LogP contribution is 2.42. The largest absolute Gasteiger partial charge is 0.361 e. The molecule has 2 aromatic rings. The minimum Gasteiger partial charge on any atom is -0.361 e. The van der Waals surface area contributed by atoms with Crippen molar-refractivity contribution in [3.8, 4) is 0 Å². The van der Waals surface area contributed by atoms with Crippen molar-refractivity contribution in [1.29, 1.82) is 0 Å². The zero-order valence-corrected chi connectivity index (χ0v) is 10.9. The van der Waals surface area contributed by atoms with E-state index in [0.717, 1.165) is 5.01 Å². The van der Waals surface area contributed by atoms with Crippen molar-refractivity contribution >= 4 is 22.4 Å². The van der Waals surface area contributed by atoms with Crippen LogP contribution in [0.15, 0.2) is 4.52 Å². The summed E-state index contributed by atoms with van der Waals surface area (Å²) in [5.41, 5.74) is 1.05.